The van der Waals surface area contributed by atoms with Crippen LogP contribution in [0.4, 0.5) is 0 Å². The Bertz CT molecular complexity index is 265. The zero-order chi connectivity index (χ0) is 12.8. The Morgan fingerprint density at radius 1 is 0.947 bits per heavy atom. The summed E-state index contributed by atoms with van der Waals surface area (Å²) in [7, 11) is 0. The lowest BCUT2D eigenvalue weighted by atomic mass is 9.82. The SMILES string of the molecule is Cl.NC1CCCCC1CC(=O)N1CCCCCCC1. The number of hydrogen-bond acceptors (Lipinski definition) is 2. The van der Waals surface area contributed by atoms with Gasteiger partial charge in [-0.3, -0.25) is 4.79 Å². The van der Waals surface area contributed by atoms with E-state index in [0.29, 0.717) is 18.2 Å². The molecule has 19 heavy (non-hydrogen) atoms. The van der Waals surface area contributed by atoms with E-state index >= 15 is 0 Å². The highest BCUT2D eigenvalue weighted by molar-refractivity contribution is 5.85. The fourth-order valence-corrected chi connectivity index (χ4v) is 3.34. The van der Waals surface area contributed by atoms with E-state index in [2.05, 4.69) is 4.90 Å². The summed E-state index contributed by atoms with van der Waals surface area (Å²) in [5, 5.41) is 0. The molecule has 0 aromatic heterocycles. The zero-order valence-corrected chi connectivity index (χ0v) is 12.8. The minimum atomic E-state index is 0. The molecule has 2 N–H and O–H groups in total. The van der Waals surface area contributed by atoms with Crippen molar-refractivity contribution in [3.63, 3.8) is 0 Å². The van der Waals surface area contributed by atoms with Gasteiger partial charge in [-0.1, -0.05) is 32.1 Å². The van der Waals surface area contributed by atoms with Gasteiger partial charge in [0.2, 0.25) is 5.91 Å². The first-order chi connectivity index (χ1) is 8.77. The van der Waals surface area contributed by atoms with Crippen LogP contribution in [0.2, 0.25) is 0 Å². The maximum atomic E-state index is 12.3. The van der Waals surface area contributed by atoms with Gasteiger partial charge in [0.15, 0.2) is 0 Å². The third-order valence-electron chi connectivity index (χ3n) is 4.61. The Labute approximate surface area is 123 Å². The molecule has 1 saturated heterocycles. The molecule has 112 valence electrons. The quantitative estimate of drug-likeness (QED) is 0.849. The standard InChI is InChI=1S/C15H28N2O.ClH/c16-14-9-5-4-8-13(14)12-15(18)17-10-6-2-1-3-7-11-17;/h13-14H,1-12,16H2;1H. The molecule has 1 aliphatic heterocycles. The lowest BCUT2D eigenvalue weighted by molar-refractivity contribution is -0.133. The first kappa shape index (κ1) is 16.8. The minimum Gasteiger partial charge on any atom is -0.343 e. The molecule has 1 amide bonds. The maximum absolute atomic E-state index is 12.3. The van der Waals surface area contributed by atoms with Gasteiger partial charge in [0, 0.05) is 25.6 Å². The largest absolute Gasteiger partial charge is 0.343 e. The molecule has 1 saturated carbocycles. The Morgan fingerprint density at radius 2 is 1.53 bits per heavy atom. The molecule has 2 atom stereocenters. The van der Waals surface area contributed by atoms with Crippen molar-refractivity contribution >= 4 is 18.3 Å². The van der Waals surface area contributed by atoms with Crippen molar-refractivity contribution in [1.82, 2.24) is 4.90 Å². The van der Waals surface area contributed by atoms with Crippen LogP contribution in [0.3, 0.4) is 0 Å². The van der Waals surface area contributed by atoms with Gasteiger partial charge < -0.3 is 10.6 Å². The van der Waals surface area contributed by atoms with Gasteiger partial charge in [-0.25, -0.2) is 0 Å². The van der Waals surface area contributed by atoms with Crippen LogP contribution in [-0.4, -0.2) is 29.9 Å². The van der Waals surface area contributed by atoms with Crippen molar-refractivity contribution in [1.29, 1.82) is 0 Å². The van der Waals surface area contributed by atoms with Crippen molar-refractivity contribution in [2.45, 2.75) is 70.3 Å². The number of likely N-dealkylation sites (tertiary alicyclic amines) is 1. The van der Waals surface area contributed by atoms with Gasteiger partial charge in [0.1, 0.15) is 0 Å². The topological polar surface area (TPSA) is 46.3 Å². The lowest BCUT2D eigenvalue weighted by Gasteiger charge is -2.31. The van der Waals surface area contributed by atoms with Crippen LogP contribution in [0.25, 0.3) is 0 Å². The highest BCUT2D eigenvalue weighted by Crippen LogP contribution is 2.26. The summed E-state index contributed by atoms with van der Waals surface area (Å²) in [6.45, 7) is 1.95. The Morgan fingerprint density at radius 3 is 2.16 bits per heavy atom. The normalized spacial score (nSPS) is 29.0. The van der Waals surface area contributed by atoms with E-state index in [-0.39, 0.29) is 18.4 Å². The van der Waals surface area contributed by atoms with Gasteiger partial charge in [-0.2, -0.15) is 0 Å². The summed E-state index contributed by atoms with van der Waals surface area (Å²) in [6.07, 6.45) is 11.7. The number of carbonyl (C=O) groups excluding carboxylic acids is 1. The Hall–Kier alpha value is -0.280. The molecule has 1 aliphatic carbocycles. The molecule has 4 heteroatoms. The van der Waals surface area contributed by atoms with Crippen LogP contribution in [0.15, 0.2) is 0 Å². The third kappa shape index (κ3) is 5.31. The molecule has 3 nitrogen and oxygen atoms in total. The van der Waals surface area contributed by atoms with E-state index in [1.165, 1.54) is 44.9 Å². The van der Waals surface area contributed by atoms with E-state index in [0.717, 1.165) is 25.9 Å². The van der Waals surface area contributed by atoms with E-state index in [9.17, 15) is 4.79 Å². The smallest absolute Gasteiger partial charge is 0.222 e. The fraction of sp³-hybridized carbons (Fsp3) is 0.933. The van der Waals surface area contributed by atoms with Crippen molar-refractivity contribution in [3.05, 3.63) is 0 Å². The Kier molecular flexibility index (Phi) is 7.77. The van der Waals surface area contributed by atoms with Crippen LogP contribution < -0.4 is 5.73 Å². The molecular formula is C15H29ClN2O. The zero-order valence-electron chi connectivity index (χ0n) is 12.0. The summed E-state index contributed by atoms with van der Waals surface area (Å²) in [5.41, 5.74) is 6.14. The summed E-state index contributed by atoms with van der Waals surface area (Å²) >= 11 is 0. The van der Waals surface area contributed by atoms with Crippen molar-refractivity contribution in [3.8, 4) is 0 Å². The monoisotopic (exact) mass is 288 g/mol. The summed E-state index contributed by atoms with van der Waals surface area (Å²) in [4.78, 5) is 14.4. The molecule has 0 spiro atoms. The van der Waals surface area contributed by atoms with Gasteiger partial charge >= 0.3 is 0 Å². The van der Waals surface area contributed by atoms with E-state index in [1.807, 2.05) is 0 Å². The van der Waals surface area contributed by atoms with Crippen molar-refractivity contribution in [2.75, 3.05) is 13.1 Å². The minimum absolute atomic E-state index is 0. The Balaban J connectivity index is 0.00000180. The average Bonchev–Trinajstić information content (AvgIpc) is 2.31. The molecule has 0 aromatic rings. The number of rotatable bonds is 2. The molecule has 0 aromatic carbocycles. The number of carbonyl (C=O) groups is 1. The fourth-order valence-electron chi connectivity index (χ4n) is 3.34. The maximum Gasteiger partial charge on any atom is 0.222 e. The first-order valence-electron chi connectivity index (χ1n) is 7.81. The van der Waals surface area contributed by atoms with Gasteiger partial charge in [0.25, 0.3) is 0 Å². The second-order valence-corrected chi connectivity index (χ2v) is 6.06. The third-order valence-corrected chi connectivity index (χ3v) is 4.61. The van der Waals surface area contributed by atoms with Gasteiger partial charge in [-0.15, -0.1) is 12.4 Å². The van der Waals surface area contributed by atoms with E-state index in [4.69, 9.17) is 5.73 Å². The molecule has 0 bridgehead atoms. The van der Waals surface area contributed by atoms with Crippen LogP contribution in [0, 0.1) is 5.92 Å². The van der Waals surface area contributed by atoms with Crippen LogP contribution >= 0.6 is 12.4 Å². The molecule has 0 radical (unpaired) electrons. The van der Waals surface area contributed by atoms with E-state index in [1.54, 1.807) is 0 Å². The van der Waals surface area contributed by atoms with Gasteiger partial charge in [0.05, 0.1) is 0 Å². The highest BCUT2D eigenvalue weighted by Gasteiger charge is 2.26. The lowest BCUT2D eigenvalue weighted by Crippen LogP contribution is -2.40. The molecule has 2 fully saturated rings. The van der Waals surface area contributed by atoms with Crippen molar-refractivity contribution < 1.29 is 4.79 Å². The number of nitrogens with zero attached hydrogens (tertiary/aromatic N) is 1. The summed E-state index contributed by atoms with van der Waals surface area (Å²) < 4.78 is 0. The molecule has 1 heterocycles. The molecule has 2 rings (SSSR count). The summed E-state index contributed by atoms with van der Waals surface area (Å²) in [6, 6.07) is 0.262. The molecule has 2 aliphatic rings. The van der Waals surface area contributed by atoms with Crippen molar-refractivity contribution in [2.24, 2.45) is 11.7 Å². The number of halogens is 1. The van der Waals surface area contributed by atoms with Crippen LogP contribution in [0.5, 0.6) is 0 Å². The van der Waals surface area contributed by atoms with Gasteiger partial charge in [-0.05, 0) is 31.6 Å². The number of hydrogen-bond donors (Lipinski definition) is 1. The van der Waals surface area contributed by atoms with Crippen LogP contribution in [-0.2, 0) is 4.79 Å². The van der Waals surface area contributed by atoms with E-state index < -0.39 is 0 Å². The predicted octanol–water partition coefficient (Wildman–Crippen LogP) is 3.11. The number of amides is 1. The number of nitrogens with two attached hydrogens (primary N) is 1. The second kappa shape index (κ2) is 8.80. The van der Waals surface area contributed by atoms with Crippen LogP contribution in [0.1, 0.15) is 64.2 Å². The molecular weight excluding hydrogens is 260 g/mol. The predicted molar refractivity (Wildman–Crippen MR) is 81.5 cm³/mol. The average molecular weight is 289 g/mol. The highest BCUT2D eigenvalue weighted by atomic mass is 35.5. The molecule has 2 unspecified atom stereocenters. The first-order valence-corrected chi connectivity index (χ1v) is 7.81. The second-order valence-electron chi connectivity index (χ2n) is 6.06. The summed E-state index contributed by atoms with van der Waals surface area (Å²) in [5.74, 6) is 0.802.